The second kappa shape index (κ2) is 4.86. The van der Waals surface area contributed by atoms with Crippen LogP contribution in [0.15, 0.2) is 0 Å². The molecule has 0 saturated carbocycles. The van der Waals surface area contributed by atoms with E-state index in [1.807, 2.05) is 27.7 Å². The van der Waals surface area contributed by atoms with Crippen molar-refractivity contribution in [3.05, 3.63) is 16.5 Å². The number of hydrogen-bond donors (Lipinski definition) is 2. The predicted molar refractivity (Wildman–Crippen MR) is 74.4 cm³/mol. The van der Waals surface area contributed by atoms with Crippen LogP contribution in [0.25, 0.3) is 11.2 Å². The van der Waals surface area contributed by atoms with Gasteiger partial charge in [-0.15, -0.1) is 0 Å². The molecule has 2 N–H and O–H groups in total. The molecule has 0 amide bonds. The fourth-order valence-corrected chi connectivity index (χ4v) is 1.68. The van der Waals surface area contributed by atoms with E-state index in [1.165, 1.54) is 0 Å². The van der Waals surface area contributed by atoms with Crippen LogP contribution >= 0.6 is 11.6 Å². The largest absolute Gasteiger partial charge is 0.394 e. The molecule has 0 bridgehead atoms. The second-order valence-corrected chi connectivity index (χ2v) is 5.43. The van der Waals surface area contributed by atoms with Crippen molar-refractivity contribution < 1.29 is 5.11 Å². The molecule has 19 heavy (non-hydrogen) atoms. The Kier molecular flexibility index (Phi) is 3.56. The highest BCUT2D eigenvalue weighted by molar-refractivity contribution is 6.33. The molecule has 0 spiro atoms. The summed E-state index contributed by atoms with van der Waals surface area (Å²) in [6.07, 6.45) is 0. The molecule has 0 aliphatic carbocycles. The highest BCUT2D eigenvalue weighted by Gasteiger charge is 2.19. The van der Waals surface area contributed by atoms with Gasteiger partial charge in [-0.1, -0.05) is 11.6 Å². The minimum absolute atomic E-state index is 0.0510. The lowest BCUT2D eigenvalue weighted by molar-refractivity contribution is 0.233. The first kappa shape index (κ1) is 13.9. The van der Waals surface area contributed by atoms with Crippen molar-refractivity contribution in [2.24, 2.45) is 0 Å². The molecule has 2 aromatic rings. The standard InChI is InChI=1S/C12H16ClN5O/c1-6-7(2)15-10-8(14-6)9(13)16-11(17-10)18-12(3,4)5-19/h19H,5H2,1-4H3,(H,15,16,17,18). The van der Waals surface area contributed by atoms with E-state index in [-0.39, 0.29) is 11.8 Å². The Hall–Kier alpha value is -1.53. The van der Waals surface area contributed by atoms with Crippen LogP contribution < -0.4 is 5.32 Å². The predicted octanol–water partition coefficient (Wildman–Crippen LogP) is 1.87. The first-order valence-electron chi connectivity index (χ1n) is 5.90. The molecule has 0 unspecified atom stereocenters. The summed E-state index contributed by atoms with van der Waals surface area (Å²) < 4.78 is 0. The zero-order valence-electron chi connectivity index (χ0n) is 11.3. The summed E-state index contributed by atoms with van der Waals surface area (Å²) in [6.45, 7) is 7.34. The summed E-state index contributed by atoms with van der Waals surface area (Å²) in [6, 6.07) is 0. The fraction of sp³-hybridized carbons (Fsp3) is 0.500. The van der Waals surface area contributed by atoms with Crippen molar-refractivity contribution in [2.45, 2.75) is 33.2 Å². The molecule has 0 radical (unpaired) electrons. The zero-order valence-corrected chi connectivity index (χ0v) is 12.1. The topological polar surface area (TPSA) is 83.8 Å². The number of hydrogen-bond acceptors (Lipinski definition) is 6. The molecule has 6 nitrogen and oxygen atoms in total. The molecule has 0 fully saturated rings. The number of nitrogens with zero attached hydrogens (tertiary/aromatic N) is 4. The Morgan fingerprint density at radius 2 is 1.74 bits per heavy atom. The van der Waals surface area contributed by atoms with Crippen LogP contribution in [0, 0.1) is 13.8 Å². The van der Waals surface area contributed by atoms with E-state index in [2.05, 4.69) is 25.3 Å². The number of anilines is 1. The van der Waals surface area contributed by atoms with Crippen LogP contribution in [0.3, 0.4) is 0 Å². The van der Waals surface area contributed by atoms with Gasteiger partial charge in [0.15, 0.2) is 10.8 Å². The molecule has 7 heteroatoms. The van der Waals surface area contributed by atoms with E-state index in [0.717, 1.165) is 11.4 Å². The molecule has 0 atom stereocenters. The number of nitrogens with one attached hydrogen (secondary N) is 1. The SMILES string of the molecule is Cc1nc2nc(NC(C)(C)CO)nc(Cl)c2nc1C. The third kappa shape index (κ3) is 2.90. The van der Waals surface area contributed by atoms with E-state index in [9.17, 15) is 5.11 Å². The average Bonchev–Trinajstić information content (AvgIpc) is 2.31. The number of halogens is 1. The third-order valence-electron chi connectivity index (χ3n) is 2.75. The first-order chi connectivity index (χ1) is 8.82. The number of aliphatic hydroxyl groups is 1. The summed E-state index contributed by atoms with van der Waals surface area (Å²) in [5, 5.41) is 12.5. The van der Waals surface area contributed by atoms with Crippen molar-refractivity contribution in [3.63, 3.8) is 0 Å². The highest BCUT2D eigenvalue weighted by Crippen LogP contribution is 2.21. The Balaban J connectivity index is 2.52. The second-order valence-electron chi connectivity index (χ2n) is 5.07. The van der Waals surface area contributed by atoms with Crippen molar-refractivity contribution in [1.82, 2.24) is 19.9 Å². The van der Waals surface area contributed by atoms with E-state index >= 15 is 0 Å². The van der Waals surface area contributed by atoms with Crippen molar-refractivity contribution in [2.75, 3.05) is 11.9 Å². The minimum Gasteiger partial charge on any atom is -0.394 e. The smallest absolute Gasteiger partial charge is 0.226 e. The summed E-state index contributed by atoms with van der Waals surface area (Å²) in [7, 11) is 0. The fourth-order valence-electron chi connectivity index (χ4n) is 1.48. The molecular formula is C12H16ClN5O. The third-order valence-corrected chi connectivity index (χ3v) is 3.01. The number of aliphatic hydroxyl groups excluding tert-OH is 1. The monoisotopic (exact) mass is 281 g/mol. The number of aryl methyl sites for hydroxylation is 2. The van der Waals surface area contributed by atoms with E-state index in [4.69, 9.17) is 11.6 Å². The molecule has 0 aliphatic heterocycles. The van der Waals surface area contributed by atoms with Gasteiger partial charge in [-0.2, -0.15) is 9.97 Å². The van der Waals surface area contributed by atoms with Gasteiger partial charge >= 0.3 is 0 Å². The maximum atomic E-state index is 9.24. The lowest BCUT2D eigenvalue weighted by atomic mass is 10.1. The van der Waals surface area contributed by atoms with E-state index in [0.29, 0.717) is 17.1 Å². The van der Waals surface area contributed by atoms with E-state index in [1.54, 1.807) is 0 Å². The van der Waals surface area contributed by atoms with Crippen LogP contribution in [0.5, 0.6) is 0 Å². The molecule has 2 aromatic heterocycles. The summed E-state index contributed by atoms with van der Waals surface area (Å²) in [5.74, 6) is 0.328. The molecule has 0 saturated heterocycles. The van der Waals surface area contributed by atoms with Crippen LogP contribution in [0.4, 0.5) is 5.95 Å². The van der Waals surface area contributed by atoms with Crippen LogP contribution in [0.2, 0.25) is 5.15 Å². The summed E-state index contributed by atoms with van der Waals surface area (Å²) in [4.78, 5) is 17.1. The molecular weight excluding hydrogens is 266 g/mol. The summed E-state index contributed by atoms with van der Waals surface area (Å²) in [5.41, 5.74) is 1.99. The maximum Gasteiger partial charge on any atom is 0.226 e. The number of rotatable bonds is 3. The van der Waals surface area contributed by atoms with Gasteiger partial charge in [-0.05, 0) is 27.7 Å². The lowest BCUT2D eigenvalue weighted by Gasteiger charge is -2.23. The first-order valence-corrected chi connectivity index (χ1v) is 6.28. The van der Waals surface area contributed by atoms with Crippen molar-refractivity contribution >= 4 is 28.7 Å². The van der Waals surface area contributed by atoms with Gasteiger partial charge in [0.25, 0.3) is 0 Å². The van der Waals surface area contributed by atoms with Gasteiger partial charge in [-0.3, -0.25) is 0 Å². The number of aromatic nitrogens is 4. The average molecular weight is 282 g/mol. The minimum atomic E-state index is -0.538. The van der Waals surface area contributed by atoms with Crippen LogP contribution in [-0.2, 0) is 0 Å². The van der Waals surface area contributed by atoms with Gasteiger partial charge in [0.1, 0.15) is 5.52 Å². The number of fused-ring (bicyclic) bond motifs is 1. The van der Waals surface area contributed by atoms with Crippen LogP contribution in [-0.4, -0.2) is 37.2 Å². The zero-order chi connectivity index (χ0) is 14.2. The van der Waals surface area contributed by atoms with Gasteiger partial charge in [-0.25, -0.2) is 9.97 Å². The highest BCUT2D eigenvalue weighted by atomic mass is 35.5. The van der Waals surface area contributed by atoms with E-state index < -0.39 is 5.54 Å². The van der Waals surface area contributed by atoms with Crippen molar-refractivity contribution in [3.8, 4) is 0 Å². The summed E-state index contributed by atoms with van der Waals surface area (Å²) >= 11 is 6.10. The van der Waals surface area contributed by atoms with Gasteiger partial charge in [0, 0.05) is 0 Å². The van der Waals surface area contributed by atoms with Gasteiger partial charge in [0.2, 0.25) is 5.95 Å². The lowest BCUT2D eigenvalue weighted by Crippen LogP contribution is -2.35. The van der Waals surface area contributed by atoms with Gasteiger partial charge < -0.3 is 10.4 Å². The normalized spacial score (nSPS) is 11.9. The Morgan fingerprint density at radius 3 is 2.37 bits per heavy atom. The quantitative estimate of drug-likeness (QED) is 0.836. The maximum absolute atomic E-state index is 9.24. The van der Waals surface area contributed by atoms with Gasteiger partial charge in [0.05, 0.1) is 23.5 Å². The van der Waals surface area contributed by atoms with Crippen LogP contribution in [0.1, 0.15) is 25.2 Å². The molecule has 0 aliphatic rings. The molecule has 2 heterocycles. The Labute approximate surface area is 116 Å². The Bertz CT molecular complexity index is 629. The molecule has 102 valence electrons. The molecule has 2 rings (SSSR count). The Morgan fingerprint density at radius 1 is 1.11 bits per heavy atom. The molecule has 0 aromatic carbocycles. The van der Waals surface area contributed by atoms with Crippen molar-refractivity contribution in [1.29, 1.82) is 0 Å².